The Bertz CT molecular complexity index is 492. The standard InChI is InChI=1S/C12H19N3O3S/c13-9-12-10-18-7-6-15(12)19(16,17)8-3-11-1-4-14-5-2-11/h1-2,4-5,12H,3,6-10,13H2. The second-order valence-corrected chi connectivity index (χ2v) is 6.54. The molecule has 106 valence electrons. The molecule has 2 rings (SSSR count). The average molecular weight is 285 g/mol. The maximum atomic E-state index is 12.3. The van der Waals surface area contributed by atoms with Crippen LogP contribution in [0.1, 0.15) is 5.56 Å². The number of hydrogen-bond acceptors (Lipinski definition) is 5. The second-order valence-electron chi connectivity index (χ2n) is 4.50. The van der Waals surface area contributed by atoms with Crippen molar-refractivity contribution in [2.75, 3.05) is 32.1 Å². The van der Waals surface area contributed by atoms with Gasteiger partial charge in [-0.15, -0.1) is 0 Å². The fourth-order valence-electron chi connectivity index (χ4n) is 2.10. The zero-order valence-corrected chi connectivity index (χ0v) is 11.6. The predicted octanol–water partition coefficient (Wildman–Crippen LogP) is -0.387. The molecule has 2 N–H and O–H groups in total. The van der Waals surface area contributed by atoms with Crippen molar-refractivity contribution in [1.29, 1.82) is 0 Å². The van der Waals surface area contributed by atoms with Crippen LogP contribution in [0.3, 0.4) is 0 Å². The molecule has 1 aromatic heterocycles. The third-order valence-corrected chi connectivity index (χ3v) is 5.12. The van der Waals surface area contributed by atoms with Crippen LogP contribution in [0.25, 0.3) is 0 Å². The van der Waals surface area contributed by atoms with Crippen molar-refractivity contribution >= 4 is 10.0 Å². The minimum Gasteiger partial charge on any atom is -0.378 e. The number of nitrogens with two attached hydrogens (primary N) is 1. The Labute approximate surface area is 113 Å². The van der Waals surface area contributed by atoms with E-state index in [1.807, 2.05) is 12.1 Å². The molecule has 1 aliphatic rings. The van der Waals surface area contributed by atoms with E-state index >= 15 is 0 Å². The van der Waals surface area contributed by atoms with Crippen LogP contribution in [0.5, 0.6) is 0 Å². The summed E-state index contributed by atoms with van der Waals surface area (Å²) in [6.07, 6.45) is 3.82. The molecule has 1 fully saturated rings. The Kier molecular flexibility index (Phi) is 4.87. The van der Waals surface area contributed by atoms with Crippen LogP contribution < -0.4 is 5.73 Å². The summed E-state index contributed by atoms with van der Waals surface area (Å²) in [6.45, 7) is 1.49. The van der Waals surface area contributed by atoms with Crippen molar-refractivity contribution < 1.29 is 13.2 Å². The summed E-state index contributed by atoms with van der Waals surface area (Å²) < 4.78 is 31.4. The number of morpholine rings is 1. The van der Waals surface area contributed by atoms with E-state index in [-0.39, 0.29) is 18.3 Å². The number of ether oxygens (including phenoxy) is 1. The van der Waals surface area contributed by atoms with E-state index in [2.05, 4.69) is 4.98 Å². The number of sulfonamides is 1. The fraction of sp³-hybridized carbons (Fsp3) is 0.583. The zero-order chi connectivity index (χ0) is 13.7. The largest absolute Gasteiger partial charge is 0.378 e. The molecule has 0 aromatic carbocycles. The topological polar surface area (TPSA) is 85.5 Å². The molecule has 0 amide bonds. The summed E-state index contributed by atoms with van der Waals surface area (Å²) in [7, 11) is -3.29. The molecule has 1 atom stereocenters. The van der Waals surface area contributed by atoms with Gasteiger partial charge in [0.2, 0.25) is 10.0 Å². The molecular weight excluding hydrogens is 266 g/mol. The number of aryl methyl sites for hydroxylation is 1. The molecule has 19 heavy (non-hydrogen) atoms. The molecule has 0 radical (unpaired) electrons. The van der Waals surface area contributed by atoms with Gasteiger partial charge in [-0.2, -0.15) is 4.31 Å². The van der Waals surface area contributed by atoms with Gasteiger partial charge >= 0.3 is 0 Å². The van der Waals surface area contributed by atoms with Gasteiger partial charge in [-0.3, -0.25) is 4.98 Å². The highest BCUT2D eigenvalue weighted by atomic mass is 32.2. The monoisotopic (exact) mass is 285 g/mol. The predicted molar refractivity (Wildman–Crippen MR) is 72.1 cm³/mol. The number of nitrogens with zero attached hydrogens (tertiary/aromatic N) is 2. The molecule has 1 aliphatic heterocycles. The lowest BCUT2D eigenvalue weighted by Gasteiger charge is -2.33. The van der Waals surface area contributed by atoms with Crippen LogP contribution in [0.15, 0.2) is 24.5 Å². The van der Waals surface area contributed by atoms with Crippen LogP contribution >= 0.6 is 0 Å². The highest BCUT2D eigenvalue weighted by Crippen LogP contribution is 2.13. The number of pyridine rings is 1. The van der Waals surface area contributed by atoms with Gasteiger partial charge < -0.3 is 10.5 Å². The second kappa shape index (κ2) is 6.42. The van der Waals surface area contributed by atoms with Gasteiger partial charge in [0.25, 0.3) is 0 Å². The summed E-state index contributed by atoms with van der Waals surface area (Å²) >= 11 is 0. The Balaban J connectivity index is 2.01. The Hall–Kier alpha value is -1.02. The van der Waals surface area contributed by atoms with Crippen LogP contribution in [0.2, 0.25) is 0 Å². The molecule has 1 unspecified atom stereocenters. The van der Waals surface area contributed by atoms with Crippen molar-refractivity contribution in [3.8, 4) is 0 Å². The van der Waals surface area contributed by atoms with Gasteiger partial charge in [0.05, 0.1) is 25.0 Å². The lowest BCUT2D eigenvalue weighted by Crippen LogP contribution is -2.52. The molecule has 6 nitrogen and oxygen atoms in total. The van der Waals surface area contributed by atoms with Gasteiger partial charge in [-0.05, 0) is 24.1 Å². The Morgan fingerprint density at radius 3 is 2.84 bits per heavy atom. The molecule has 7 heteroatoms. The van der Waals surface area contributed by atoms with Crippen molar-refractivity contribution in [3.05, 3.63) is 30.1 Å². The molecule has 0 saturated carbocycles. The first-order chi connectivity index (χ1) is 9.13. The van der Waals surface area contributed by atoms with E-state index in [1.54, 1.807) is 12.4 Å². The Morgan fingerprint density at radius 1 is 1.42 bits per heavy atom. The van der Waals surface area contributed by atoms with Gasteiger partial charge in [0.15, 0.2) is 0 Å². The molecule has 2 heterocycles. The quantitative estimate of drug-likeness (QED) is 0.796. The van der Waals surface area contributed by atoms with Gasteiger partial charge in [0, 0.05) is 25.5 Å². The first-order valence-electron chi connectivity index (χ1n) is 6.30. The van der Waals surface area contributed by atoms with E-state index in [0.717, 1.165) is 5.56 Å². The summed E-state index contributed by atoms with van der Waals surface area (Å²) in [6, 6.07) is 3.42. The van der Waals surface area contributed by atoms with Crippen LogP contribution in [-0.2, 0) is 21.2 Å². The molecule has 1 aromatic rings. The molecule has 1 saturated heterocycles. The lowest BCUT2D eigenvalue weighted by atomic mass is 10.2. The zero-order valence-electron chi connectivity index (χ0n) is 10.7. The molecular formula is C12H19N3O3S. The van der Waals surface area contributed by atoms with Crippen molar-refractivity contribution in [2.24, 2.45) is 5.73 Å². The van der Waals surface area contributed by atoms with E-state index in [0.29, 0.717) is 26.2 Å². The highest BCUT2D eigenvalue weighted by molar-refractivity contribution is 7.89. The smallest absolute Gasteiger partial charge is 0.214 e. The normalized spacial score (nSPS) is 21.4. The highest BCUT2D eigenvalue weighted by Gasteiger charge is 2.31. The van der Waals surface area contributed by atoms with Crippen molar-refractivity contribution in [2.45, 2.75) is 12.5 Å². The van der Waals surface area contributed by atoms with Crippen LogP contribution in [0.4, 0.5) is 0 Å². The third-order valence-electron chi connectivity index (χ3n) is 3.20. The molecule has 0 aliphatic carbocycles. The summed E-state index contributed by atoms with van der Waals surface area (Å²) in [5, 5.41) is 0. The van der Waals surface area contributed by atoms with E-state index in [9.17, 15) is 8.42 Å². The molecule has 0 bridgehead atoms. The van der Waals surface area contributed by atoms with E-state index < -0.39 is 10.0 Å². The van der Waals surface area contributed by atoms with E-state index in [4.69, 9.17) is 10.5 Å². The van der Waals surface area contributed by atoms with E-state index in [1.165, 1.54) is 4.31 Å². The third kappa shape index (κ3) is 3.73. The summed E-state index contributed by atoms with van der Waals surface area (Å²) in [5.41, 5.74) is 6.57. The average Bonchev–Trinajstić information content (AvgIpc) is 2.46. The van der Waals surface area contributed by atoms with Crippen LogP contribution in [0, 0.1) is 0 Å². The van der Waals surface area contributed by atoms with Crippen molar-refractivity contribution in [1.82, 2.24) is 9.29 Å². The fourth-order valence-corrected chi connectivity index (χ4v) is 3.79. The van der Waals surface area contributed by atoms with Gasteiger partial charge in [-0.25, -0.2) is 8.42 Å². The van der Waals surface area contributed by atoms with Gasteiger partial charge in [-0.1, -0.05) is 0 Å². The lowest BCUT2D eigenvalue weighted by molar-refractivity contribution is 0.0358. The van der Waals surface area contributed by atoms with Crippen LogP contribution in [-0.4, -0.2) is 55.8 Å². The first kappa shape index (κ1) is 14.4. The first-order valence-corrected chi connectivity index (χ1v) is 7.90. The van der Waals surface area contributed by atoms with Gasteiger partial charge in [0.1, 0.15) is 0 Å². The number of hydrogen-bond donors (Lipinski definition) is 1. The summed E-state index contributed by atoms with van der Waals surface area (Å²) in [4.78, 5) is 3.91. The minimum absolute atomic E-state index is 0.0908. The van der Waals surface area contributed by atoms with Crippen molar-refractivity contribution in [3.63, 3.8) is 0 Å². The number of rotatable bonds is 5. The number of aromatic nitrogens is 1. The maximum absolute atomic E-state index is 12.3. The maximum Gasteiger partial charge on any atom is 0.214 e. The summed E-state index contributed by atoms with van der Waals surface area (Å²) in [5.74, 6) is 0.0908. The minimum atomic E-state index is -3.29. The Morgan fingerprint density at radius 2 is 2.16 bits per heavy atom. The molecule has 0 spiro atoms. The SMILES string of the molecule is NCC1COCCN1S(=O)(=O)CCc1ccncc1.